The zero-order valence-corrected chi connectivity index (χ0v) is 13.8. The number of piperazine rings is 1. The number of nitrogens with one attached hydrogen (secondary N) is 2. The number of nitrogens with zero attached hydrogens (tertiary/aromatic N) is 2. The molecule has 5 heteroatoms. The van der Waals surface area contributed by atoms with E-state index in [0.717, 1.165) is 32.5 Å². The summed E-state index contributed by atoms with van der Waals surface area (Å²) < 4.78 is 0. The van der Waals surface area contributed by atoms with Crippen LogP contribution in [0.4, 0.5) is 4.79 Å². The van der Waals surface area contributed by atoms with Gasteiger partial charge in [-0.05, 0) is 33.4 Å². The quantitative estimate of drug-likeness (QED) is 0.774. The minimum absolute atomic E-state index is 0.0394. The highest BCUT2D eigenvalue weighted by Crippen LogP contribution is 2.09. The smallest absolute Gasteiger partial charge is 0.315 e. The van der Waals surface area contributed by atoms with Crippen molar-refractivity contribution < 1.29 is 4.79 Å². The van der Waals surface area contributed by atoms with Gasteiger partial charge in [0.1, 0.15) is 0 Å². The van der Waals surface area contributed by atoms with Crippen molar-refractivity contribution >= 4 is 6.03 Å². The van der Waals surface area contributed by atoms with E-state index in [-0.39, 0.29) is 12.1 Å². The van der Waals surface area contributed by atoms with Gasteiger partial charge in [0.15, 0.2) is 0 Å². The Bertz CT molecular complexity index is 298. The normalized spacial score (nSPS) is 24.1. The summed E-state index contributed by atoms with van der Waals surface area (Å²) in [6.07, 6.45) is 2.20. The molecule has 0 aromatic rings. The lowest BCUT2D eigenvalue weighted by Crippen LogP contribution is -2.55. The minimum Gasteiger partial charge on any atom is -0.337 e. The molecular weight excluding hydrogens is 252 g/mol. The number of hydrogen-bond donors (Lipinski definition) is 2. The number of hydrogen-bond acceptors (Lipinski definition) is 3. The molecule has 1 heterocycles. The fraction of sp³-hybridized carbons (Fsp3) is 0.933. The van der Waals surface area contributed by atoms with Crippen LogP contribution in [0.3, 0.4) is 0 Å². The van der Waals surface area contributed by atoms with E-state index in [1.165, 1.54) is 0 Å². The third-order valence-corrected chi connectivity index (χ3v) is 4.31. The fourth-order valence-corrected chi connectivity index (χ4v) is 2.64. The summed E-state index contributed by atoms with van der Waals surface area (Å²) in [5, 5.41) is 6.04. The second-order valence-electron chi connectivity index (χ2n) is 6.40. The Kier molecular flexibility index (Phi) is 7.30. The van der Waals surface area contributed by atoms with E-state index < -0.39 is 0 Å². The van der Waals surface area contributed by atoms with E-state index in [0.29, 0.717) is 18.5 Å². The standard InChI is InChI=1S/C15H32N4O/c1-6-12(2)9-13(3)17-15(20)16-10-14-11-18(4)7-8-19(14)5/h12-14H,6-11H2,1-5H3,(H2,16,17,20)/t12-,13+,14+/m0/s1. The van der Waals surface area contributed by atoms with Gasteiger partial charge in [-0.3, -0.25) is 4.90 Å². The molecule has 1 saturated heterocycles. The van der Waals surface area contributed by atoms with Crippen molar-refractivity contribution in [3.05, 3.63) is 0 Å². The molecule has 0 saturated carbocycles. The van der Waals surface area contributed by atoms with Gasteiger partial charge >= 0.3 is 6.03 Å². The van der Waals surface area contributed by atoms with Crippen LogP contribution in [0.1, 0.15) is 33.6 Å². The highest BCUT2D eigenvalue weighted by atomic mass is 16.2. The number of carbonyl (C=O) groups is 1. The molecule has 0 aliphatic carbocycles. The maximum atomic E-state index is 11.9. The molecule has 0 aromatic carbocycles. The van der Waals surface area contributed by atoms with Gasteiger partial charge in [0.05, 0.1) is 0 Å². The van der Waals surface area contributed by atoms with Gasteiger partial charge in [0.25, 0.3) is 0 Å². The monoisotopic (exact) mass is 284 g/mol. The molecule has 0 radical (unpaired) electrons. The van der Waals surface area contributed by atoms with Crippen LogP contribution in [0.25, 0.3) is 0 Å². The molecule has 0 bridgehead atoms. The summed E-state index contributed by atoms with van der Waals surface area (Å²) in [6, 6.07) is 0.600. The first-order valence-electron chi connectivity index (χ1n) is 7.85. The van der Waals surface area contributed by atoms with E-state index in [1.54, 1.807) is 0 Å². The molecule has 20 heavy (non-hydrogen) atoms. The van der Waals surface area contributed by atoms with Crippen molar-refractivity contribution in [2.45, 2.75) is 45.7 Å². The third kappa shape index (κ3) is 6.09. The van der Waals surface area contributed by atoms with Crippen LogP contribution >= 0.6 is 0 Å². The Morgan fingerprint density at radius 2 is 2.00 bits per heavy atom. The molecule has 1 aliphatic rings. The number of likely N-dealkylation sites (N-methyl/N-ethyl adjacent to an activating group) is 2. The van der Waals surface area contributed by atoms with E-state index in [4.69, 9.17) is 0 Å². The van der Waals surface area contributed by atoms with Gasteiger partial charge in [-0.25, -0.2) is 4.79 Å². The molecule has 0 aromatic heterocycles. The SMILES string of the molecule is CC[C@H](C)C[C@@H](C)NC(=O)NC[C@@H]1CN(C)CCN1C. The lowest BCUT2D eigenvalue weighted by atomic mass is 10.0. The number of rotatable bonds is 6. The predicted octanol–water partition coefficient (Wildman–Crippen LogP) is 1.36. The molecule has 1 fully saturated rings. The summed E-state index contributed by atoms with van der Waals surface area (Å²) >= 11 is 0. The third-order valence-electron chi connectivity index (χ3n) is 4.31. The van der Waals surface area contributed by atoms with Gasteiger partial charge in [-0.1, -0.05) is 20.3 Å². The summed E-state index contributed by atoms with van der Waals surface area (Å²) in [7, 11) is 4.26. The molecule has 1 rings (SSSR count). The number of amides is 2. The Morgan fingerprint density at radius 1 is 1.30 bits per heavy atom. The lowest BCUT2D eigenvalue weighted by Gasteiger charge is -2.37. The molecule has 118 valence electrons. The van der Waals surface area contributed by atoms with Crippen molar-refractivity contribution in [3.8, 4) is 0 Å². The van der Waals surface area contributed by atoms with Crippen molar-refractivity contribution in [1.82, 2.24) is 20.4 Å². The molecule has 0 spiro atoms. The Labute approximate surface area is 124 Å². The summed E-state index contributed by atoms with van der Waals surface area (Å²) in [6.45, 7) is 10.4. The topological polar surface area (TPSA) is 47.6 Å². The summed E-state index contributed by atoms with van der Waals surface area (Å²) in [5.74, 6) is 0.656. The van der Waals surface area contributed by atoms with Crippen LogP contribution in [0.15, 0.2) is 0 Å². The number of carbonyl (C=O) groups excluding carboxylic acids is 1. The fourth-order valence-electron chi connectivity index (χ4n) is 2.64. The maximum Gasteiger partial charge on any atom is 0.315 e. The van der Waals surface area contributed by atoms with Crippen molar-refractivity contribution in [2.75, 3.05) is 40.3 Å². The first kappa shape index (κ1) is 17.2. The average Bonchev–Trinajstić information content (AvgIpc) is 2.39. The maximum absolute atomic E-state index is 11.9. The lowest BCUT2D eigenvalue weighted by molar-refractivity contribution is 0.114. The van der Waals surface area contributed by atoms with Crippen LogP contribution in [0.5, 0.6) is 0 Å². The van der Waals surface area contributed by atoms with Gasteiger partial charge < -0.3 is 15.5 Å². The van der Waals surface area contributed by atoms with Crippen molar-refractivity contribution in [1.29, 1.82) is 0 Å². The largest absolute Gasteiger partial charge is 0.337 e. The van der Waals surface area contributed by atoms with Gasteiger partial charge in [0, 0.05) is 38.3 Å². The Hall–Kier alpha value is -0.810. The highest BCUT2D eigenvalue weighted by molar-refractivity contribution is 5.74. The molecule has 1 aliphatic heterocycles. The van der Waals surface area contributed by atoms with Crippen molar-refractivity contribution in [2.24, 2.45) is 5.92 Å². The predicted molar refractivity (Wildman–Crippen MR) is 84.0 cm³/mol. The first-order valence-corrected chi connectivity index (χ1v) is 7.85. The molecule has 0 unspecified atom stereocenters. The summed E-state index contributed by atoms with van der Waals surface area (Å²) in [4.78, 5) is 16.5. The Balaban J connectivity index is 2.25. The van der Waals surface area contributed by atoms with Gasteiger partial charge in [0.2, 0.25) is 0 Å². The zero-order chi connectivity index (χ0) is 15.1. The van der Waals surface area contributed by atoms with E-state index in [1.807, 2.05) is 0 Å². The van der Waals surface area contributed by atoms with Crippen LogP contribution < -0.4 is 10.6 Å². The van der Waals surface area contributed by atoms with E-state index >= 15 is 0 Å². The van der Waals surface area contributed by atoms with Crippen LogP contribution in [-0.2, 0) is 0 Å². The van der Waals surface area contributed by atoms with Gasteiger partial charge in [-0.2, -0.15) is 0 Å². The van der Waals surface area contributed by atoms with Crippen LogP contribution in [-0.4, -0.2) is 68.2 Å². The molecule has 5 nitrogen and oxygen atoms in total. The first-order chi connectivity index (χ1) is 9.42. The molecule has 2 N–H and O–H groups in total. The second kappa shape index (κ2) is 8.47. The zero-order valence-electron chi connectivity index (χ0n) is 13.8. The molecule has 2 amide bonds. The van der Waals surface area contributed by atoms with Crippen molar-refractivity contribution in [3.63, 3.8) is 0 Å². The van der Waals surface area contributed by atoms with Gasteiger partial charge in [-0.15, -0.1) is 0 Å². The van der Waals surface area contributed by atoms with Crippen LogP contribution in [0.2, 0.25) is 0 Å². The van der Waals surface area contributed by atoms with E-state index in [9.17, 15) is 4.79 Å². The second-order valence-corrected chi connectivity index (χ2v) is 6.40. The van der Waals surface area contributed by atoms with Crippen LogP contribution in [0, 0.1) is 5.92 Å². The Morgan fingerprint density at radius 3 is 2.65 bits per heavy atom. The molecular formula is C15H32N4O. The summed E-state index contributed by atoms with van der Waals surface area (Å²) in [5.41, 5.74) is 0. The molecule has 3 atom stereocenters. The average molecular weight is 284 g/mol. The minimum atomic E-state index is -0.0394. The van der Waals surface area contributed by atoms with E-state index in [2.05, 4.69) is 55.3 Å². The highest BCUT2D eigenvalue weighted by Gasteiger charge is 2.22. The number of urea groups is 1.